The van der Waals surface area contributed by atoms with Crippen molar-refractivity contribution in [1.82, 2.24) is 10.1 Å². The van der Waals surface area contributed by atoms with Gasteiger partial charge in [0.05, 0.1) is 0 Å². The van der Waals surface area contributed by atoms with Crippen molar-refractivity contribution < 1.29 is 29.9 Å². The smallest absolute Gasteiger partial charge is 0.0410 e. The molecule has 0 aliphatic carbocycles. The van der Waals surface area contributed by atoms with Crippen molar-refractivity contribution in [2.75, 3.05) is 0 Å². The molecule has 134 valence electrons. The van der Waals surface area contributed by atoms with E-state index in [9.17, 15) is 10.4 Å². The van der Waals surface area contributed by atoms with Gasteiger partial charge < -0.3 is 10.4 Å². The molecule has 0 bridgehead atoms. The molecule has 2 aliphatic heterocycles. The molecule has 2 N–H and O–H groups in total. The quantitative estimate of drug-likeness (QED) is 0.591. The van der Waals surface area contributed by atoms with Crippen LogP contribution in [0.5, 0.6) is 0 Å². The Morgan fingerprint density at radius 2 is 0.696 bits per heavy atom. The van der Waals surface area contributed by atoms with E-state index in [0.29, 0.717) is 0 Å². The summed E-state index contributed by atoms with van der Waals surface area (Å²) in [6, 6.07) is 0. The molecular weight excluding hydrogens is 342 g/mol. The van der Waals surface area contributed by atoms with Gasteiger partial charge in [-0.3, -0.25) is 0 Å². The first-order valence-electron chi connectivity index (χ1n) is 8.71. The number of hydrogen-bond acceptors (Lipinski definition) is 4. The van der Waals surface area contributed by atoms with E-state index in [1.165, 1.54) is 23.0 Å². The summed E-state index contributed by atoms with van der Waals surface area (Å²) >= 11 is 0. The first-order valence-corrected chi connectivity index (χ1v) is 8.71. The summed E-state index contributed by atoms with van der Waals surface area (Å²) in [5.74, 6) is 0. The predicted molar refractivity (Wildman–Crippen MR) is 91.3 cm³/mol. The number of hydroxylamine groups is 4. The first kappa shape index (κ1) is 23.5. The minimum atomic E-state index is -0.0399. The van der Waals surface area contributed by atoms with Crippen molar-refractivity contribution in [2.24, 2.45) is 0 Å². The van der Waals surface area contributed by atoms with E-state index in [4.69, 9.17) is 0 Å². The molecule has 5 heteroatoms. The van der Waals surface area contributed by atoms with Crippen LogP contribution in [0.15, 0.2) is 0 Å². The van der Waals surface area contributed by atoms with Crippen LogP contribution in [0.4, 0.5) is 0 Å². The standard InChI is InChI=1S/2C9H19NO.Zn/c2*1-8(2)6-5-7-9(3,4)10(8)11;/h2*11H,5-7H2,1-4H3;. The normalized spacial score (nSPS) is 29.0. The zero-order valence-electron chi connectivity index (χ0n) is 16.7. The number of piperidine rings is 2. The van der Waals surface area contributed by atoms with Gasteiger partial charge in [-0.1, -0.05) is 0 Å². The van der Waals surface area contributed by atoms with Crippen LogP contribution in [0.2, 0.25) is 0 Å². The largest absolute Gasteiger partial charge is 0.313 e. The summed E-state index contributed by atoms with van der Waals surface area (Å²) < 4.78 is 0. The molecule has 0 aromatic heterocycles. The van der Waals surface area contributed by atoms with Gasteiger partial charge >= 0.3 is 0 Å². The topological polar surface area (TPSA) is 46.9 Å². The average molecular weight is 380 g/mol. The molecule has 0 atom stereocenters. The molecule has 2 rings (SSSR count). The summed E-state index contributed by atoms with van der Waals surface area (Å²) in [5.41, 5.74) is -0.160. The Morgan fingerprint density at radius 3 is 0.826 bits per heavy atom. The van der Waals surface area contributed by atoms with Gasteiger partial charge in [0.15, 0.2) is 0 Å². The van der Waals surface area contributed by atoms with Gasteiger partial charge in [-0.25, -0.2) is 0 Å². The zero-order chi connectivity index (χ0) is 17.4. The minimum absolute atomic E-state index is 0. The monoisotopic (exact) mass is 378 g/mol. The van der Waals surface area contributed by atoms with E-state index >= 15 is 0 Å². The van der Waals surface area contributed by atoms with Crippen LogP contribution in [0.1, 0.15) is 93.9 Å². The Kier molecular flexibility index (Phi) is 7.94. The molecule has 0 amide bonds. The fourth-order valence-corrected chi connectivity index (χ4v) is 3.97. The minimum Gasteiger partial charge on any atom is -0.313 e. The Bertz CT molecular complexity index is 313. The number of nitrogens with zero attached hydrogens (tertiary/aromatic N) is 2. The van der Waals surface area contributed by atoms with Gasteiger partial charge in [-0.2, -0.15) is 10.1 Å². The molecule has 0 aromatic rings. The molecule has 0 radical (unpaired) electrons. The second-order valence-electron chi connectivity index (χ2n) is 9.58. The van der Waals surface area contributed by atoms with Crippen LogP contribution in [0.3, 0.4) is 0 Å². The molecule has 2 fully saturated rings. The van der Waals surface area contributed by atoms with Gasteiger partial charge in [0.2, 0.25) is 0 Å². The van der Waals surface area contributed by atoms with Crippen LogP contribution >= 0.6 is 0 Å². The van der Waals surface area contributed by atoms with Gasteiger partial charge in [-0.15, -0.1) is 0 Å². The van der Waals surface area contributed by atoms with E-state index in [-0.39, 0.29) is 41.6 Å². The van der Waals surface area contributed by atoms with Crippen LogP contribution in [-0.2, 0) is 19.5 Å². The van der Waals surface area contributed by atoms with E-state index in [2.05, 4.69) is 55.4 Å². The molecule has 0 unspecified atom stereocenters. The van der Waals surface area contributed by atoms with Gasteiger partial charge in [-0.05, 0) is 93.9 Å². The third-order valence-corrected chi connectivity index (χ3v) is 5.45. The molecule has 4 nitrogen and oxygen atoms in total. The third-order valence-electron chi connectivity index (χ3n) is 5.45. The van der Waals surface area contributed by atoms with Gasteiger partial charge in [0.1, 0.15) is 0 Å². The third kappa shape index (κ3) is 5.75. The van der Waals surface area contributed by atoms with Crippen molar-refractivity contribution in [1.29, 1.82) is 0 Å². The van der Waals surface area contributed by atoms with Crippen LogP contribution in [-0.4, -0.2) is 42.7 Å². The molecule has 2 saturated heterocycles. The maximum absolute atomic E-state index is 9.80. The predicted octanol–water partition coefficient (Wildman–Crippen LogP) is 4.83. The molecule has 2 aliphatic rings. The second kappa shape index (κ2) is 7.78. The van der Waals surface area contributed by atoms with E-state index in [0.717, 1.165) is 25.7 Å². The summed E-state index contributed by atoms with van der Waals surface area (Å²) in [6.07, 6.45) is 6.80. The van der Waals surface area contributed by atoms with Gasteiger partial charge in [0, 0.05) is 41.6 Å². The molecule has 0 spiro atoms. The second-order valence-corrected chi connectivity index (χ2v) is 9.58. The van der Waals surface area contributed by atoms with Crippen molar-refractivity contribution >= 4 is 0 Å². The van der Waals surface area contributed by atoms with Crippen LogP contribution < -0.4 is 0 Å². The summed E-state index contributed by atoms with van der Waals surface area (Å²) in [5, 5.41) is 22.6. The fraction of sp³-hybridized carbons (Fsp3) is 1.00. The number of hydrogen-bond donors (Lipinski definition) is 2. The number of rotatable bonds is 0. The maximum Gasteiger partial charge on any atom is 0.0410 e. The fourth-order valence-electron chi connectivity index (χ4n) is 3.97. The molecule has 23 heavy (non-hydrogen) atoms. The van der Waals surface area contributed by atoms with E-state index in [1.54, 1.807) is 0 Å². The molecular formula is C18H38N2O2Zn. The zero-order valence-corrected chi connectivity index (χ0v) is 19.7. The van der Waals surface area contributed by atoms with Crippen molar-refractivity contribution in [2.45, 2.75) is 116 Å². The Balaban J connectivity index is 0.000000403. The molecule has 0 aromatic carbocycles. The Hall–Kier alpha value is 0.463. The molecule has 2 heterocycles. The van der Waals surface area contributed by atoms with Crippen LogP contribution in [0, 0.1) is 0 Å². The van der Waals surface area contributed by atoms with Crippen molar-refractivity contribution in [3.63, 3.8) is 0 Å². The Morgan fingerprint density at radius 1 is 0.522 bits per heavy atom. The van der Waals surface area contributed by atoms with E-state index in [1.807, 2.05) is 0 Å². The summed E-state index contributed by atoms with van der Waals surface area (Å²) in [7, 11) is 0. The SMILES string of the molecule is CC1(C)CCCC(C)(C)N1O.CC1(C)CCCC(C)(C)N1O.[Zn]. The Labute approximate surface area is 156 Å². The summed E-state index contributed by atoms with van der Waals surface area (Å²) in [4.78, 5) is 0. The van der Waals surface area contributed by atoms with Crippen molar-refractivity contribution in [3.05, 3.63) is 0 Å². The summed E-state index contributed by atoms with van der Waals surface area (Å²) in [6.45, 7) is 16.7. The average Bonchev–Trinajstić information content (AvgIpc) is 2.33. The van der Waals surface area contributed by atoms with E-state index < -0.39 is 0 Å². The first-order chi connectivity index (χ1) is 9.72. The van der Waals surface area contributed by atoms with Crippen LogP contribution in [0.25, 0.3) is 0 Å². The maximum atomic E-state index is 9.80. The van der Waals surface area contributed by atoms with Crippen molar-refractivity contribution in [3.8, 4) is 0 Å². The molecule has 0 saturated carbocycles. The van der Waals surface area contributed by atoms with Gasteiger partial charge in [0.25, 0.3) is 0 Å².